The van der Waals surface area contributed by atoms with Crippen LogP contribution in [0.2, 0.25) is 5.02 Å². The molecule has 0 radical (unpaired) electrons. The average Bonchev–Trinajstić information content (AvgIpc) is 3.25. The Balaban J connectivity index is 1.46. The van der Waals surface area contributed by atoms with Crippen LogP contribution in [0.25, 0.3) is 0 Å². The van der Waals surface area contributed by atoms with E-state index < -0.39 is 28.1 Å². The van der Waals surface area contributed by atoms with E-state index in [1.165, 1.54) is 24.3 Å². The fourth-order valence-corrected chi connectivity index (χ4v) is 4.80. The first kappa shape index (κ1) is 23.2. The molecular formula is C21H24ClN3O5S. The lowest BCUT2D eigenvalue weighted by atomic mass is 10.1. The third kappa shape index (κ3) is 6.27. The van der Waals surface area contributed by atoms with Gasteiger partial charge in [0.05, 0.1) is 18.0 Å². The molecule has 1 saturated heterocycles. The lowest BCUT2D eigenvalue weighted by Gasteiger charge is -2.22. The lowest BCUT2D eigenvalue weighted by molar-refractivity contribution is -0.139. The molecule has 1 heterocycles. The second-order valence-corrected chi connectivity index (χ2v) is 9.28. The first-order valence-electron chi connectivity index (χ1n) is 9.87. The lowest BCUT2D eigenvalue weighted by Crippen LogP contribution is -2.47. The van der Waals surface area contributed by atoms with Gasteiger partial charge in [-0.25, -0.2) is 8.42 Å². The van der Waals surface area contributed by atoms with Gasteiger partial charge in [0.1, 0.15) is 6.23 Å². The minimum atomic E-state index is -3.82. The average molecular weight is 466 g/mol. The molecule has 1 aliphatic rings. The van der Waals surface area contributed by atoms with Crippen molar-refractivity contribution in [3.63, 3.8) is 0 Å². The molecule has 0 aromatic heterocycles. The van der Waals surface area contributed by atoms with Crippen molar-refractivity contribution in [3.8, 4) is 0 Å². The highest BCUT2D eigenvalue weighted by Crippen LogP contribution is 2.23. The Kier molecular flexibility index (Phi) is 8.03. The summed E-state index contributed by atoms with van der Waals surface area (Å²) < 4.78 is 32.3. The Labute approximate surface area is 186 Å². The Morgan fingerprint density at radius 1 is 1.03 bits per heavy atom. The van der Waals surface area contributed by atoms with Gasteiger partial charge in [-0.15, -0.1) is 0 Å². The number of amides is 2. The van der Waals surface area contributed by atoms with Gasteiger partial charge >= 0.3 is 11.8 Å². The van der Waals surface area contributed by atoms with Crippen LogP contribution in [-0.4, -0.2) is 57.0 Å². The van der Waals surface area contributed by atoms with Crippen LogP contribution in [0.1, 0.15) is 12.0 Å². The number of benzene rings is 2. The SMILES string of the molecule is O=C(NCCCc1ccccc1)C(=O)NC[C@@H]1OCCN1S(=O)(=O)c1ccc(Cl)cc1. The molecule has 1 aliphatic heterocycles. The molecule has 1 fully saturated rings. The number of nitrogens with zero attached hydrogens (tertiary/aromatic N) is 1. The molecule has 0 bridgehead atoms. The Hall–Kier alpha value is -2.46. The first-order valence-corrected chi connectivity index (χ1v) is 11.7. The molecule has 0 unspecified atom stereocenters. The molecule has 0 saturated carbocycles. The number of halogens is 1. The molecule has 2 aromatic rings. The zero-order valence-electron chi connectivity index (χ0n) is 16.8. The Morgan fingerprint density at radius 3 is 2.42 bits per heavy atom. The predicted molar refractivity (Wildman–Crippen MR) is 116 cm³/mol. The van der Waals surface area contributed by atoms with Crippen LogP contribution < -0.4 is 10.6 Å². The van der Waals surface area contributed by atoms with Crippen LogP contribution in [0.5, 0.6) is 0 Å². The highest BCUT2D eigenvalue weighted by Gasteiger charge is 2.36. The molecule has 10 heteroatoms. The zero-order valence-corrected chi connectivity index (χ0v) is 18.4. The van der Waals surface area contributed by atoms with Crippen LogP contribution in [-0.2, 0) is 30.8 Å². The summed E-state index contributed by atoms with van der Waals surface area (Å²) in [5, 5.41) is 5.43. The molecule has 0 spiro atoms. The molecule has 0 aliphatic carbocycles. The van der Waals surface area contributed by atoms with Crippen LogP contribution in [0, 0.1) is 0 Å². The Bertz CT molecular complexity index is 999. The summed E-state index contributed by atoms with van der Waals surface area (Å²) >= 11 is 5.82. The van der Waals surface area contributed by atoms with E-state index in [0.29, 0.717) is 18.0 Å². The van der Waals surface area contributed by atoms with E-state index >= 15 is 0 Å². The number of hydrogen-bond donors (Lipinski definition) is 2. The third-order valence-corrected chi connectivity index (χ3v) is 6.93. The summed E-state index contributed by atoms with van der Waals surface area (Å²) in [6, 6.07) is 15.6. The van der Waals surface area contributed by atoms with Gasteiger partial charge in [0, 0.05) is 18.1 Å². The van der Waals surface area contributed by atoms with Gasteiger partial charge in [-0.3, -0.25) is 9.59 Å². The smallest absolute Gasteiger partial charge is 0.309 e. The van der Waals surface area contributed by atoms with Gasteiger partial charge in [0.2, 0.25) is 10.0 Å². The third-order valence-electron chi connectivity index (χ3n) is 4.78. The quantitative estimate of drug-likeness (QED) is 0.454. The van der Waals surface area contributed by atoms with E-state index in [2.05, 4.69) is 10.6 Å². The summed E-state index contributed by atoms with van der Waals surface area (Å²) in [6.07, 6.45) is 0.591. The van der Waals surface area contributed by atoms with Gasteiger partial charge in [-0.05, 0) is 42.7 Å². The number of aryl methyl sites for hydroxylation is 1. The molecule has 2 N–H and O–H groups in total. The standard InChI is InChI=1S/C21H24ClN3O5S/c22-17-8-10-18(11-9-17)31(28,29)25-13-14-30-19(25)15-24-21(27)20(26)23-12-4-7-16-5-2-1-3-6-16/h1-3,5-6,8-11,19H,4,7,12-15H2,(H,23,26)(H,24,27)/t19-/m0/s1. The number of carbonyl (C=O) groups excluding carboxylic acids is 2. The second kappa shape index (κ2) is 10.7. The van der Waals surface area contributed by atoms with Gasteiger partial charge in [-0.2, -0.15) is 4.31 Å². The van der Waals surface area contributed by atoms with Crippen molar-refractivity contribution in [1.82, 2.24) is 14.9 Å². The fraction of sp³-hybridized carbons (Fsp3) is 0.333. The van der Waals surface area contributed by atoms with Crippen LogP contribution in [0.4, 0.5) is 0 Å². The number of hydrogen-bond acceptors (Lipinski definition) is 5. The van der Waals surface area contributed by atoms with E-state index in [9.17, 15) is 18.0 Å². The summed E-state index contributed by atoms with van der Waals surface area (Å²) in [5.74, 6) is -1.60. The summed E-state index contributed by atoms with van der Waals surface area (Å²) in [4.78, 5) is 24.1. The van der Waals surface area contributed by atoms with Crippen molar-refractivity contribution < 1.29 is 22.7 Å². The van der Waals surface area contributed by atoms with E-state index in [4.69, 9.17) is 16.3 Å². The van der Waals surface area contributed by atoms with Crippen molar-refractivity contribution in [2.24, 2.45) is 0 Å². The summed E-state index contributed by atoms with van der Waals surface area (Å²) in [7, 11) is -3.82. The van der Waals surface area contributed by atoms with Crippen molar-refractivity contribution >= 4 is 33.4 Å². The number of carbonyl (C=O) groups is 2. The summed E-state index contributed by atoms with van der Waals surface area (Å²) in [5.41, 5.74) is 1.15. The number of nitrogens with one attached hydrogen (secondary N) is 2. The Morgan fingerprint density at radius 2 is 1.71 bits per heavy atom. The van der Waals surface area contributed by atoms with E-state index in [-0.39, 0.29) is 24.6 Å². The highest BCUT2D eigenvalue weighted by molar-refractivity contribution is 7.89. The van der Waals surface area contributed by atoms with Gasteiger partial charge in [-0.1, -0.05) is 41.9 Å². The molecule has 1 atom stereocenters. The largest absolute Gasteiger partial charge is 0.359 e. The van der Waals surface area contributed by atoms with Crippen molar-refractivity contribution in [1.29, 1.82) is 0 Å². The maximum Gasteiger partial charge on any atom is 0.309 e. The molecular weight excluding hydrogens is 442 g/mol. The fourth-order valence-electron chi connectivity index (χ4n) is 3.16. The van der Waals surface area contributed by atoms with Crippen molar-refractivity contribution in [3.05, 3.63) is 65.2 Å². The topological polar surface area (TPSA) is 105 Å². The number of sulfonamides is 1. The molecule has 2 aromatic carbocycles. The maximum atomic E-state index is 12.8. The summed E-state index contributed by atoms with van der Waals surface area (Å²) in [6.45, 7) is 0.567. The van der Waals surface area contributed by atoms with Gasteiger partial charge in [0.15, 0.2) is 0 Å². The molecule has 3 rings (SSSR count). The minimum absolute atomic E-state index is 0.0786. The van der Waals surface area contributed by atoms with Crippen LogP contribution >= 0.6 is 11.6 Å². The van der Waals surface area contributed by atoms with Gasteiger partial charge < -0.3 is 15.4 Å². The van der Waals surface area contributed by atoms with Gasteiger partial charge in [0.25, 0.3) is 0 Å². The normalized spacial score (nSPS) is 16.7. The van der Waals surface area contributed by atoms with Crippen molar-refractivity contribution in [2.45, 2.75) is 24.0 Å². The van der Waals surface area contributed by atoms with E-state index in [1.807, 2.05) is 30.3 Å². The molecule has 2 amide bonds. The number of ether oxygens (including phenoxy) is 1. The number of rotatable bonds is 8. The minimum Gasteiger partial charge on any atom is -0.359 e. The van der Waals surface area contributed by atoms with E-state index in [1.54, 1.807) is 0 Å². The molecule has 31 heavy (non-hydrogen) atoms. The maximum absolute atomic E-state index is 12.8. The zero-order chi connectivity index (χ0) is 22.3. The van der Waals surface area contributed by atoms with Crippen LogP contribution in [0.3, 0.4) is 0 Å². The van der Waals surface area contributed by atoms with Crippen molar-refractivity contribution in [2.75, 3.05) is 26.2 Å². The monoisotopic (exact) mass is 465 g/mol. The molecule has 166 valence electrons. The first-order chi connectivity index (χ1) is 14.9. The predicted octanol–water partition coefficient (Wildman–Crippen LogP) is 1.55. The van der Waals surface area contributed by atoms with Crippen LogP contribution in [0.15, 0.2) is 59.5 Å². The molecule has 8 nitrogen and oxygen atoms in total. The highest BCUT2D eigenvalue weighted by atomic mass is 35.5. The van der Waals surface area contributed by atoms with E-state index in [0.717, 1.165) is 16.3 Å². The second-order valence-electron chi connectivity index (χ2n) is 6.95.